The number of nitrogens with one attached hydrogen (secondary N) is 1. The summed E-state index contributed by atoms with van der Waals surface area (Å²) in [5, 5.41) is 10.5. The number of rotatable bonds is 6. The van der Waals surface area contributed by atoms with Crippen molar-refractivity contribution in [3.63, 3.8) is 0 Å². The van der Waals surface area contributed by atoms with Crippen LogP contribution in [0.1, 0.15) is 21.1 Å². The van der Waals surface area contributed by atoms with Gasteiger partial charge in [-0.25, -0.2) is 4.98 Å². The Morgan fingerprint density at radius 3 is 2.61 bits per heavy atom. The summed E-state index contributed by atoms with van der Waals surface area (Å²) >= 11 is 2.76. The van der Waals surface area contributed by atoms with E-state index < -0.39 is 0 Å². The number of aromatic nitrogens is 4. The summed E-state index contributed by atoms with van der Waals surface area (Å²) in [5.74, 6) is 0.644. The quantitative estimate of drug-likeness (QED) is 0.257. The molecule has 0 saturated heterocycles. The molecular formula is C23H18N4O2S2. The average Bonchev–Trinajstić information content (AvgIpc) is 3.49. The maximum Gasteiger partial charge on any atom is 0.277 e. The molecule has 1 N–H and O–H groups in total. The Labute approximate surface area is 186 Å². The fraction of sp³-hybridized carbons (Fsp3) is 0.130. The third-order valence-electron chi connectivity index (χ3n) is 4.88. The predicted octanol–water partition coefficient (Wildman–Crippen LogP) is 5.93. The second-order valence-corrected chi connectivity index (χ2v) is 9.15. The second-order valence-electron chi connectivity index (χ2n) is 7.02. The molecule has 3 heterocycles. The number of thioether (sulfide) groups is 1. The molecular weight excluding hydrogens is 428 g/mol. The maximum atomic E-state index is 13.3. The molecule has 0 amide bonds. The number of nitrogens with zero attached hydrogens (tertiary/aromatic N) is 3. The van der Waals surface area contributed by atoms with Gasteiger partial charge in [-0.1, -0.05) is 60.3 Å². The van der Waals surface area contributed by atoms with Crippen molar-refractivity contribution >= 4 is 39.8 Å². The first-order valence-corrected chi connectivity index (χ1v) is 11.5. The van der Waals surface area contributed by atoms with E-state index in [-0.39, 0.29) is 11.5 Å². The van der Waals surface area contributed by atoms with Gasteiger partial charge in [-0.3, -0.25) is 4.79 Å². The summed E-state index contributed by atoms with van der Waals surface area (Å²) in [4.78, 5) is 22.0. The van der Waals surface area contributed by atoms with Crippen LogP contribution in [0.25, 0.3) is 32.9 Å². The van der Waals surface area contributed by atoms with Crippen molar-refractivity contribution in [2.75, 3.05) is 5.75 Å². The highest BCUT2D eigenvalue weighted by atomic mass is 32.2. The topological polar surface area (TPSA) is 84.7 Å². The number of hydrogen-bond donors (Lipinski definition) is 1. The van der Waals surface area contributed by atoms with Gasteiger partial charge >= 0.3 is 0 Å². The van der Waals surface area contributed by atoms with Crippen LogP contribution in [-0.2, 0) is 0 Å². The van der Waals surface area contributed by atoms with Crippen molar-refractivity contribution in [2.24, 2.45) is 0 Å². The van der Waals surface area contributed by atoms with Crippen LogP contribution in [0.5, 0.6) is 0 Å². The number of ketones is 1. The second kappa shape index (κ2) is 8.13. The van der Waals surface area contributed by atoms with E-state index in [2.05, 4.69) is 20.2 Å². The van der Waals surface area contributed by atoms with Crippen molar-refractivity contribution in [2.45, 2.75) is 19.1 Å². The highest BCUT2D eigenvalue weighted by molar-refractivity contribution is 7.99. The molecule has 0 aliphatic carbocycles. The fourth-order valence-corrected chi connectivity index (χ4v) is 5.02. The number of aryl methyl sites for hydroxylation is 2. The summed E-state index contributed by atoms with van der Waals surface area (Å²) in [6.45, 7) is 3.86. The SMILES string of the molecule is Cc1nc(C)c(-c2nnc(SCC(=O)c3c(-c4ccccc4)[nH]c4ccccc34)o2)s1. The van der Waals surface area contributed by atoms with Crippen LogP contribution in [0, 0.1) is 13.8 Å². The zero-order chi connectivity index (χ0) is 21.4. The lowest BCUT2D eigenvalue weighted by Crippen LogP contribution is -2.03. The Morgan fingerprint density at radius 2 is 1.84 bits per heavy atom. The first-order chi connectivity index (χ1) is 15.1. The van der Waals surface area contributed by atoms with Gasteiger partial charge in [0.05, 0.1) is 27.7 Å². The third-order valence-corrected chi connectivity index (χ3v) is 6.76. The molecule has 0 fully saturated rings. The normalized spacial score (nSPS) is 11.3. The predicted molar refractivity (Wildman–Crippen MR) is 124 cm³/mol. The minimum absolute atomic E-state index is 0.00543. The highest BCUT2D eigenvalue weighted by Gasteiger charge is 2.21. The van der Waals surface area contributed by atoms with Crippen LogP contribution in [0.15, 0.2) is 64.2 Å². The van der Waals surface area contributed by atoms with E-state index in [1.807, 2.05) is 68.4 Å². The van der Waals surface area contributed by atoms with E-state index in [9.17, 15) is 4.79 Å². The van der Waals surface area contributed by atoms with E-state index >= 15 is 0 Å². The summed E-state index contributed by atoms with van der Waals surface area (Å²) in [6.07, 6.45) is 0. The zero-order valence-electron chi connectivity index (χ0n) is 16.9. The molecule has 5 rings (SSSR count). The monoisotopic (exact) mass is 446 g/mol. The molecule has 6 nitrogen and oxygen atoms in total. The molecule has 0 aliphatic rings. The number of carbonyl (C=O) groups excluding carboxylic acids is 1. The van der Waals surface area contributed by atoms with Gasteiger partial charge in [0.1, 0.15) is 4.88 Å². The molecule has 0 aliphatic heterocycles. The lowest BCUT2D eigenvalue weighted by atomic mass is 10.0. The molecule has 0 unspecified atom stereocenters. The molecule has 31 heavy (non-hydrogen) atoms. The van der Waals surface area contributed by atoms with Gasteiger partial charge in [0, 0.05) is 10.9 Å². The minimum Gasteiger partial charge on any atom is -0.410 e. The molecule has 0 atom stereocenters. The molecule has 0 bridgehead atoms. The van der Waals surface area contributed by atoms with E-state index in [1.54, 1.807) is 0 Å². The van der Waals surface area contributed by atoms with Crippen LogP contribution < -0.4 is 0 Å². The molecule has 5 aromatic rings. The zero-order valence-corrected chi connectivity index (χ0v) is 18.5. The number of carbonyl (C=O) groups is 1. The summed E-state index contributed by atoms with van der Waals surface area (Å²) in [6, 6.07) is 17.7. The average molecular weight is 447 g/mol. The molecule has 0 spiro atoms. The van der Waals surface area contributed by atoms with Crippen molar-refractivity contribution in [3.05, 3.63) is 70.9 Å². The van der Waals surface area contributed by atoms with Gasteiger partial charge in [0.15, 0.2) is 5.78 Å². The van der Waals surface area contributed by atoms with Gasteiger partial charge < -0.3 is 9.40 Å². The number of aromatic amines is 1. The van der Waals surface area contributed by atoms with E-state index in [0.717, 1.165) is 37.7 Å². The van der Waals surface area contributed by atoms with Crippen LogP contribution in [0.4, 0.5) is 0 Å². The van der Waals surface area contributed by atoms with Crippen LogP contribution >= 0.6 is 23.1 Å². The maximum absolute atomic E-state index is 13.3. The van der Waals surface area contributed by atoms with Crippen molar-refractivity contribution in [3.8, 4) is 22.0 Å². The Morgan fingerprint density at radius 1 is 1.06 bits per heavy atom. The molecule has 2 aromatic carbocycles. The fourth-order valence-electron chi connectivity index (χ4n) is 3.54. The number of fused-ring (bicyclic) bond motifs is 1. The number of thiazole rings is 1. The van der Waals surface area contributed by atoms with Crippen LogP contribution in [0.3, 0.4) is 0 Å². The molecule has 3 aromatic heterocycles. The first kappa shape index (κ1) is 19.7. The number of hydrogen-bond acceptors (Lipinski definition) is 7. The van der Waals surface area contributed by atoms with Gasteiger partial charge in [0.2, 0.25) is 0 Å². The first-order valence-electron chi connectivity index (χ1n) is 9.70. The van der Waals surface area contributed by atoms with E-state index in [0.29, 0.717) is 16.7 Å². The molecule has 8 heteroatoms. The van der Waals surface area contributed by atoms with E-state index in [4.69, 9.17) is 4.42 Å². The Hall–Kier alpha value is -3.23. The number of Topliss-reactive ketones (excluding diaryl/α,β-unsaturated/α-hetero) is 1. The largest absolute Gasteiger partial charge is 0.410 e. The number of para-hydroxylation sites is 1. The standard InChI is InChI=1S/C23H18N4O2S2/c1-13-21(31-14(2)24-13)22-26-27-23(29-22)30-12-18(28)19-16-10-6-7-11-17(16)25-20(19)15-8-4-3-5-9-15/h3-11,25H,12H2,1-2H3. The van der Waals surface area contributed by atoms with Crippen molar-refractivity contribution < 1.29 is 9.21 Å². The lowest BCUT2D eigenvalue weighted by Gasteiger charge is -2.04. The smallest absolute Gasteiger partial charge is 0.277 e. The van der Waals surface area contributed by atoms with Crippen LogP contribution in [0.2, 0.25) is 0 Å². The van der Waals surface area contributed by atoms with Crippen molar-refractivity contribution in [1.82, 2.24) is 20.2 Å². The minimum atomic E-state index is 0.00543. The molecule has 154 valence electrons. The number of H-pyrrole nitrogens is 1. The third kappa shape index (κ3) is 3.80. The lowest BCUT2D eigenvalue weighted by molar-refractivity contribution is 0.102. The van der Waals surface area contributed by atoms with Gasteiger partial charge in [-0.05, 0) is 25.5 Å². The Balaban J connectivity index is 1.42. The molecule has 0 saturated carbocycles. The van der Waals surface area contributed by atoms with Gasteiger partial charge in [-0.2, -0.15) is 0 Å². The van der Waals surface area contributed by atoms with Crippen molar-refractivity contribution in [1.29, 1.82) is 0 Å². The highest BCUT2D eigenvalue weighted by Crippen LogP contribution is 2.33. The summed E-state index contributed by atoms with van der Waals surface area (Å²) < 4.78 is 5.79. The van der Waals surface area contributed by atoms with Crippen LogP contribution in [-0.4, -0.2) is 31.7 Å². The summed E-state index contributed by atoms with van der Waals surface area (Å²) in [5.41, 5.74) is 4.29. The Bertz CT molecular complexity index is 1390. The molecule has 0 radical (unpaired) electrons. The van der Waals surface area contributed by atoms with E-state index in [1.165, 1.54) is 23.1 Å². The van der Waals surface area contributed by atoms with Gasteiger partial charge in [-0.15, -0.1) is 21.5 Å². The van der Waals surface area contributed by atoms with Gasteiger partial charge in [0.25, 0.3) is 11.1 Å². The number of benzene rings is 2. The Kier molecular flexibility index (Phi) is 5.17. The summed E-state index contributed by atoms with van der Waals surface area (Å²) in [7, 11) is 0.